The highest BCUT2D eigenvalue weighted by Crippen LogP contribution is 2.33. The Morgan fingerprint density at radius 3 is 2.70 bits per heavy atom. The van der Waals surface area contributed by atoms with Gasteiger partial charge in [-0.3, -0.25) is 4.98 Å². The monoisotopic (exact) mass is 377 g/mol. The molecule has 0 spiro atoms. The molecule has 0 bridgehead atoms. The van der Waals surface area contributed by atoms with Gasteiger partial charge >= 0.3 is 12.6 Å². The summed E-state index contributed by atoms with van der Waals surface area (Å²) < 4.78 is 48.6. The first kappa shape index (κ1) is 18.4. The molecule has 0 aliphatic rings. The molecule has 0 amide bonds. The van der Waals surface area contributed by atoms with Crippen LogP contribution in [0.4, 0.5) is 24.7 Å². The van der Waals surface area contributed by atoms with Crippen molar-refractivity contribution in [1.29, 1.82) is 0 Å². The summed E-state index contributed by atoms with van der Waals surface area (Å²) in [5.41, 5.74) is 0.605. The molecule has 6 nitrogen and oxygen atoms in total. The van der Waals surface area contributed by atoms with Gasteiger partial charge in [-0.15, -0.1) is 0 Å². The first-order chi connectivity index (χ1) is 12.9. The lowest BCUT2D eigenvalue weighted by Gasteiger charge is -2.21. The predicted octanol–water partition coefficient (Wildman–Crippen LogP) is 3.92. The van der Waals surface area contributed by atoms with Crippen LogP contribution in [0.1, 0.15) is 10.4 Å². The molecule has 9 heteroatoms. The van der Waals surface area contributed by atoms with Gasteiger partial charge in [0.25, 0.3) is 0 Å². The van der Waals surface area contributed by atoms with E-state index in [4.69, 9.17) is 0 Å². The summed E-state index contributed by atoms with van der Waals surface area (Å²) in [6, 6.07) is 6.65. The smallest absolute Gasteiger partial charge is 0.387 e. The van der Waals surface area contributed by atoms with Crippen LogP contribution in [0.3, 0.4) is 0 Å². The van der Waals surface area contributed by atoms with Gasteiger partial charge in [0.1, 0.15) is 5.82 Å². The Balaban J connectivity index is 2.08. The maximum Gasteiger partial charge on any atom is 0.387 e. The number of halogens is 3. The van der Waals surface area contributed by atoms with Crippen LogP contribution in [0, 0.1) is 5.82 Å². The van der Waals surface area contributed by atoms with Crippen molar-refractivity contribution in [2.24, 2.45) is 0 Å². The molecule has 0 fully saturated rings. The van der Waals surface area contributed by atoms with Crippen LogP contribution >= 0.6 is 0 Å². The summed E-state index contributed by atoms with van der Waals surface area (Å²) in [7, 11) is 2.76. The number of carbonyl (C=O) groups is 1. The molecule has 3 aromatic rings. The number of aromatic nitrogens is 2. The number of esters is 1. The van der Waals surface area contributed by atoms with Crippen molar-refractivity contribution in [1.82, 2.24) is 9.97 Å². The summed E-state index contributed by atoms with van der Waals surface area (Å²) in [6.45, 7) is -3.02. The zero-order valence-electron chi connectivity index (χ0n) is 14.3. The summed E-state index contributed by atoms with van der Waals surface area (Å²) >= 11 is 0. The average Bonchev–Trinajstić information content (AvgIpc) is 2.67. The van der Waals surface area contributed by atoms with Gasteiger partial charge in [0.05, 0.1) is 30.1 Å². The Hall–Kier alpha value is -3.36. The third-order valence-corrected chi connectivity index (χ3v) is 3.86. The fourth-order valence-corrected chi connectivity index (χ4v) is 2.58. The highest BCUT2D eigenvalue weighted by molar-refractivity contribution is 6.03. The Labute approximate surface area is 152 Å². The third-order valence-electron chi connectivity index (χ3n) is 3.86. The van der Waals surface area contributed by atoms with E-state index in [1.165, 1.54) is 48.7 Å². The second kappa shape index (κ2) is 7.48. The minimum absolute atomic E-state index is 0.0782. The first-order valence-electron chi connectivity index (χ1n) is 7.72. The van der Waals surface area contributed by atoms with Crippen molar-refractivity contribution < 1.29 is 27.4 Å². The van der Waals surface area contributed by atoms with Crippen LogP contribution in [-0.2, 0) is 4.74 Å². The second-order valence-electron chi connectivity index (χ2n) is 5.44. The van der Waals surface area contributed by atoms with Gasteiger partial charge in [-0.05, 0) is 30.3 Å². The normalized spacial score (nSPS) is 10.9. The van der Waals surface area contributed by atoms with E-state index in [-0.39, 0.29) is 28.0 Å². The van der Waals surface area contributed by atoms with Crippen LogP contribution < -0.4 is 9.64 Å². The number of hydrogen-bond donors (Lipinski definition) is 0. The number of pyridine rings is 2. The molecule has 140 valence electrons. The molecular weight excluding hydrogens is 363 g/mol. The highest BCUT2D eigenvalue weighted by Gasteiger charge is 2.19. The number of methoxy groups -OCH3 is 1. The summed E-state index contributed by atoms with van der Waals surface area (Å²) in [5.74, 6) is -1.28. The van der Waals surface area contributed by atoms with E-state index in [1.54, 1.807) is 7.05 Å². The molecule has 2 aromatic heterocycles. The predicted molar refractivity (Wildman–Crippen MR) is 92.0 cm³/mol. The van der Waals surface area contributed by atoms with E-state index < -0.39 is 18.4 Å². The number of rotatable bonds is 5. The zero-order valence-corrected chi connectivity index (χ0v) is 14.3. The third kappa shape index (κ3) is 3.62. The lowest BCUT2D eigenvalue weighted by molar-refractivity contribution is -0.0496. The molecule has 1 aromatic carbocycles. The number of carbonyl (C=O) groups excluding carboxylic acids is 1. The number of anilines is 2. The Kier molecular flexibility index (Phi) is 5.11. The van der Waals surface area contributed by atoms with Crippen molar-refractivity contribution in [2.45, 2.75) is 6.61 Å². The van der Waals surface area contributed by atoms with E-state index in [9.17, 15) is 18.0 Å². The maximum absolute atomic E-state index is 14.3. The molecule has 0 saturated heterocycles. The minimum Gasteiger partial charge on any atom is -0.465 e. The lowest BCUT2D eigenvalue weighted by Crippen LogP contribution is -2.15. The number of hydrogen-bond acceptors (Lipinski definition) is 6. The average molecular weight is 377 g/mol. The van der Waals surface area contributed by atoms with Crippen LogP contribution in [0.2, 0.25) is 0 Å². The van der Waals surface area contributed by atoms with Crippen molar-refractivity contribution >= 4 is 28.4 Å². The van der Waals surface area contributed by atoms with E-state index in [0.717, 1.165) is 6.07 Å². The van der Waals surface area contributed by atoms with Crippen LogP contribution in [0.15, 0.2) is 42.7 Å². The topological polar surface area (TPSA) is 64.5 Å². The van der Waals surface area contributed by atoms with Crippen molar-refractivity contribution in [3.8, 4) is 5.75 Å². The summed E-state index contributed by atoms with van der Waals surface area (Å²) in [6.07, 6.45) is 2.78. The van der Waals surface area contributed by atoms with E-state index in [2.05, 4.69) is 19.4 Å². The molecule has 0 atom stereocenters. The molecule has 27 heavy (non-hydrogen) atoms. The Bertz CT molecular complexity index is 998. The van der Waals surface area contributed by atoms with Gasteiger partial charge < -0.3 is 14.4 Å². The fourth-order valence-electron chi connectivity index (χ4n) is 2.58. The van der Waals surface area contributed by atoms with Crippen LogP contribution in [0.25, 0.3) is 10.9 Å². The number of nitrogens with zero attached hydrogens (tertiary/aromatic N) is 3. The molecule has 0 N–H and O–H groups in total. The van der Waals surface area contributed by atoms with Crippen LogP contribution in [0.5, 0.6) is 5.75 Å². The van der Waals surface area contributed by atoms with Gasteiger partial charge in [-0.1, -0.05) is 0 Å². The molecule has 0 aliphatic heterocycles. The molecule has 0 unspecified atom stereocenters. The Morgan fingerprint density at radius 1 is 1.22 bits per heavy atom. The van der Waals surface area contributed by atoms with E-state index >= 15 is 0 Å². The maximum atomic E-state index is 14.3. The van der Waals surface area contributed by atoms with Gasteiger partial charge in [-0.2, -0.15) is 8.78 Å². The largest absolute Gasteiger partial charge is 0.465 e. The molecule has 0 saturated carbocycles. The molecule has 0 radical (unpaired) electrons. The molecule has 2 heterocycles. The number of alkyl halides is 2. The van der Waals surface area contributed by atoms with Crippen molar-refractivity contribution in [3.63, 3.8) is 0 Å². The lowest BCUT2D eigenvalue weighted by atomic mass is 10.1. The minimum atomic E-state index is -3.02. The molecule has 0 aliphatic carbocycles. The molecular formula is C18H14F3N3O3. The first-order valence-corrected chi connectivity index (χ1v) is 7.72. The quantitative estimate of drug-likeness (QED) is 0.628. The number of ether oxygens (including phenoxy) is 2. The fraction of sp³-hybridized carbons (Fsp3) is 0.167. The SMILES string of the molecule is COC(=O)c1ccc(F)c2cc(N(C)c3ncccc3OC(F)F)cnc12. The van der Waals surface area contributed by atoms with Gasteiger partial charge in [-0.25, -0.2) is 14.2 Å². The van der Waals surface area contributed by atoms with Crippen molar-refractivity contribution in [2.75, 3.05) is 19.1 Å². The second-order valence-corrected chi connectivity index (χ2v) is 5.44. The van der Waals surface area contributed by atoms with Gasteiger partial charge in [0, 0.05) is 18.6 Å². The number of benzene rings is 1. The zero-order chi connectivity index (χ0) is 19.6. The summed E-state index contributed by atoms with van der Waals surface area (Å²) in [5, 5.41) is 0.0782. The summed E-state index contributed by atoms with van der Waals surface area (Å²) in [4.78, 5) is 21.4. The standard InChI is InChI=1S/C18H14F3N3O3/c1-24(16-14(27-18(20)21)4-3-7-22-16)10-8-12-13(19)6-5-11(17(25)26-2)15(12)23-9-10/h3-9,18H,1-2H3. The van der Waals surface area contributed by atoms with Gasteiger partial charge in [0.2, 0.25) is 0 Å². The molecule has 3 rings (SSSR count). The Morgan fingerprint density at radius 2 is 2.00 bits per heavy atom. The highest BCUT2D eigenvalue weighted by atomic mass is 19.3. The van der Waals surface area contributed by atoms with Gasteiger partial charge in [0.15, 0.2) is 11.6 Å². The van der Waals surface area contributed by atoms with Crippen molar-refractivity contribution in [3.05, 3.63) is 54.1 Å². The van der Waals surface area contributed by atoms with E-state index in [1.807, 2.05) is 0 Å². The van der Waals surface area contributed by atoms with E-state index in [0.29, 0.717) is 5.69 Å². The number of fused-ring (bicyclic) bond motifs is 1. The van der Waals surface area contributed by atoms with Crippen LogP contribution in [-0.4, -0.2) is 36.7 Å².